The van der Waals surface area contributed by atoms with E-state index in [1.54, 1.807) is 54.6 Å². The van der Waals surface area contributed by atoms with Gasteiger partial charge in [0.25, 0.3) is 0 Å². The molecule has 2 heteroatoms. The molecule has 0 saturated heterocycles. The lowest BCUT2D eigenvalue weighted by molar-refractivity contribution is 0.475. The molecule has 2 aromatic carbocycles. The topological polar surface area (TPSA) is 40.5 Å². The lowest BCUT2D eigenvalue weighted by Gasteiger charge is -1.82. The van der Waals surface area contributed by atoms with E-state index in [2.05, 4.69) is 6.58 Å². The number of phenolic OH excluding ortho intramolecular Hbond substituents is 2. The fourth-order valence-electron chi connectivity index (χ4n) is 0.856. The minimum Gasteiger partial charge on any atom is -0.508 e. The number of hydrogen-bond acceptors (Lipinski definition) is 2. The molecule has 2 N–H and O–H groups in total. The van der Waals surface area contributed by atoms with Crippen LogP contribution in [0.1, 0.15) is 35.6 Å². The summed E-state index contributed by atoms with van der Waals surface area (Å²) in [6, 6.07) is 17.4. The van der Waals surface area contributed by atoms with Crippen LogP contribution in [0, 0.1) is 0 Å². The van der Waals surface area contributed by atoms with E-state index in [0.717, 1.165) is 0 Å². The zero-order valence-electron chi connectivity index (χ0n) is 12.0. The van der Waals surface area contributed by atoms with Gasteiger partial charge in [-0.05, 0) is 31.2 Å². The predicted molar refractivity (Wildman–Crippen MR) is 96.9 cm³/mol. The normalized spacial score (nSPS) is 6.62. The first-order chi connectivity index (χ1) is 9.20. The Hall–Kier alpha value is -2.22. The van der Waals surface area contributed by atoms with E-state index < -0.39 is 0 Å². The third kappa shape index (κ3) is 23.3. The van der Waals surface area contributed by atoms with E-state index in [0.29, 0.717) is 11.5 Å². The first-order valence-corrected chi connectivity index (χ1v) is 6.25. The molecule has 0 heterocycles. The maximum Gasteiger partial charge on any atom is 0.115 e. The molecule has 0 fully saturated rings. The quantitative estimate of drug-likeness (QED) is 0.561. The van der Waals surface area contributed by atoms with E-state index in [9.17, 15) is 0 Å². The summed E-state index contributed by atoms with van der Waals surface area (Å²) in [5, 5.41) is 17.3. The third-order valence-electron chi connectivity index (χ3n) is 1.51. The Morgan fingerprint density at radius 1 is 0.714 bits per heavy atom. The molecular weight excluding hydrogens is 260 g/mol. The van der Waals surface area contributed by atoms with Gasteiger partial charge < -0.3 is 10.2 Å². The van der Waals surface area contributed by atoms with Gasteiger partial charge in [0.1, 0.15) is 11.5 Å². The summed E-state index contributed by atoms with van der Waals surface area (Å²) < 4.78 is 0. The summed E-state index contributed by atoms with van der Waals surface area (Å²) in [5.74, 6) is 0.644. The first-order valence-electron chi connectivity index (χ1n) is 6.25. The number of phenols is 2. The molecular formula is C19H32O2. The van der Waals surface area contributed by atoms with Crippen LogP contribution >= 0.6 is 0 Å². The van der Waals surface area contributed by atoms with Crippen LogP contribution in [-0.2, 0) is 0 Å². The number of para-hydroxylation sites is 2. The molecule has 0 atom stereocenters. The maximum atomic E-state index is 8.63. The molecule has 0 spiro atoms. The summed E-state index contributed by atoms with van der Waals surface area (Å²) in [5.41, 5.74) is 0. The van der Waals surface area contributed by atoms with Gasteiger partial charge in [0, 0.05) is 0 Å². The van der Waals surface area contributed by atoms with Gasteiger partial charge in [0.2, 0.25) is 0 Å². The Kier molecular flexibility index (Phi) is 29.7. The smallest absolute Gasteiger partial charge is 0.115 e. The summed E-state index contributed by atoms with van der Waals surface area (Å²) in [7, 11) is 0. The van der Waals surface area contributed by atoms with Crippen molar-refractivity contribution in [3.63, 3.8) is 0 Å². The molecule has 0 amide bonds. The van der Waals surface area contributed by atoms with Crippen molar-refractivity contribution in [2.24, 2.45) is 0 Å². The van der Waals surface area contributed by atoms with Gasteiger partial charge in [0.15, 0.2) is 0 Å². The van der Waals surface area contributed by atoms with Gasteiger partial charge in [-0.1, -0.05) is 71.2 Å². The van der Waals surface area contributed by atoms with Crippen LogP contribution in [0.15, 0.2) is 73.3 Å². The molecule has 0 aliphatic carbocycles. The lowest BCUT2D eigenvalue weighted by atomic mass is 10.3. The molecule has 2 nitrogen and oxygen atoms in total. The highest BCUT2D eigenvalue weighted by atomic mass is 16.3. The number of rotatable bonds is 0. The summed E-state index contributed by atoms with van der Waals surface area (Å²) >= 11 is 0. The third-order valence-corrected chi connectivity index (χ3v) is 1.51. The summed E-state index contributed by atoms with van der Waals surface area (Å²) in [6.45, 7) is 9.25. The number of allylic oxidation sites excluding steroid dienone is 1. The van der Waals surface area contributed by atoms with Crippen molar-refractivity contribution >= 4 is 0 Å². The van der Waals surface area contributed by atoms with Crippen molar-refractivity contribution in [1.29, 1.82) is 0 Å². The Labute approximate surface area is 131 Å². The van der Waals surface area contributed by atoms with Crippen LogP contribution in [0.3, 0.4) is 0 Å². The van der Waals surface area contributed by atoms with Gasteiger partial charge in [-0.15, -0.1) is 6.58 Å². The largest absolute Gasteiger partial charge is 0.508 e. The number of benzene rings is 2. The second kappa shape index (κ2) is 22.9. The van der Waals surface area contributed by atoms with Gasteiger partial charge >= 0.3 is 0 Å². The van der Waals surface area contributed by atoms with Crippen LogP contribution < -0.4 is 0 Å². The van der Waals surface area contributed by atoms with Crippen molar-refractivity contribution in [2.75, 3.05) is 0 Å². The number of aromatic hydroxyl groups is 2. The van der Waals surface area contributed by atoms with E-state index in [-0.39, 0.29) is 14.9 Å². The summed E-state index contributed by atoms with van der Waals surface area (Å²) in [6.07, 6.45) is 1.75. The van der Waals surface area contributed by atoms with Gasteiger partial charge in [0.05, 0.1) is 0 Å². The highest BCUT2D eigenvalue weighted by Crippen LogP contribution is 2.03. The van der Waals surface area contributed by atoms with Crippen molar-refractivity contribution in [3.05, 3.63) is 73.3 Å². The first kappa shape index (κ1) is 27.2. The average molecular weight is 292 g/mol. The van der Waals surface area contributed by atoms with E-state index >= 15 is 0 Å². The fourth-order valence-corrected chi connectivity index (χ4v) is 0.856. The molecule has 21 heavy (non-hydrogen) atoms. The zero-order valence-corrected chi connectivity index (χ0v) is 12.0. The highest BCUT2D eigenvalue weighted by molar-refractivity contribution is 5.19. The molecule has 0 aliphatic heterocycles. The van der Waals surface area contributed by atoms with Crippen LogP contribution in [0.25, 0.3) is 0 Å². The van der Waals surface area contributed by atoms with Crippen molar-refractivity contribution in [1.82, 2.24) is 0 Å². The monoisotopic (exact) mass is 292 g/mol. The van der Waals surface area contributed by atoms with Crippen LogP contribution in [-0.4, -0.2) is 10.2 Å². The molecule has 0 radical (unpaired) electrons. The van der Waals surface area contributed by atoms with Crippen molar-refractivity contribution in [3.8, 4) is 11.5 Å². The van der Waals surface area contributed by atoms with E-state index in [4.69, 9.17) is 10.2 Å². The Balaban J connectivity index is -0.0000000989. The molecule has 0 bridgehead atoms. The molecule has 0 saturated carbocycles. The second-order valence-corrected chi connectivity index (χ2v) is 3.08. The minimum atomic E-state index is 0. The Morgan fingerprint density at radius 2 is 0.905 bits per heavy atom. The van der Waals surface area contributed by atoms with E-state index in [1.165, 1.54) is 0 Å². The molecule has 0 aromatic heterocycles. The van der Waals surface area contributed by atoms with E-state index in [1.807, 2.05) is 32.9 Å². The van der Waals surface area contributed by atoms with Gasteiger partial charge in [-0.25, -0.2) is 0 Å². The highest BCUT2D eigenvalue weighted by Gasteiger charge is 1.75. The predicted octanol–water partition coefficient (Wildman–Crippen LogP) is 6.28. The van der Waals surface area contributed by atoms with Gasteiger partial charge in [-0.2, -0.15) is 0 Å². The molecule has 0 unspecified atom stereocenters. The van der Waals surface area contributed by atoms with Crippen molar-refractivity contribution in [2.45, 2.75) is 35.6 Å². The molecule has 0 aliphatic rings. The Morgan fingerprint density at radius 3 is 1.00 bits per heavy atom. The SMILES string of the molecule is C.C.C=CC.CC.Oc1ccccc1.Oc1ccccc1. The standard InChI is InChI=1S/2C6H6O.C3H6.C2H6.2CH4/c2*7-6-4-2-1-3-5-6;1-3-2;1-2;;/h2*1-5,7H;3H,1H2,2H3;1-2H3;2*1H4. The minimum absolute atomic E-state index is 0. The van der Waals surface area contributed by atoms with Gasteiger partial charge in [-0.3, -0.25) is 0 Å². The lowest BCUT2D eigenvalue weighted by Crippen LogP contribution is -1.56. The average Bonchev–Trinajstić information content (AvgIpc) is 2.44. The van der Waals surface area contributed by atoms with Crippen LogP contribution in [0.5, 0.6) is 11.5 Å². The second-order valence-electron chi connectivity index (χ2n) is 3.08. The maximum absolute atomic E-state index is 8.63. The molecule has 120 valence electrons. The Bertz CT molecular complexity index is 345. The number of hydrogen-bond donors (Lipinski definition) is 2. The summed E-state index contributed by atoms with van der Waals surface area (Å²) in [4.78, 5) is 0. The fraction of sp³-hybridized carbons (Fsp3) is 0.263. The van der Waals surface area contributed by atoms with Crippen molar-refractivity contribution < 1.29 is 10.2 Å². The molecule has 2 rings (SSSR count). The van der Waals surface area contributed by atoms with Crippen LogP contribution in [0.4, 0.5) is 0 Å². The molecule has 2 aromatic rings. The van der Waals surface area contributed by atoms with Crippen LogP contribution in [0.2, 0.25) is 0 Å². The zero-order chi connectivity index (χ0) is 14.9.